The summed E-state index contributed by atoms with van der Waals surface area (Å²) in [6.45, 7) is 3.22. The zero-order chi connectivity index (χ0) is 24.5. The van der Waals surface area contributed by atoms with Crippen molar-refractivity contribution >= 4 is 46.3 Å². The highest BCUT2D eigenvalue weighted by molar-refractivity contribution is 6.33. The number of carbonyl (C=O) groups excluding carboxylic acids is 1. The molecule has 4 N–H and O–H groups in total. The number of rotatable bonds is 6. The Morgan fingerprint density at radius 1 is 1.17 bits per heavy atom. The van der Waals surface area contributed by atoms with Crippen LogP contribution in [-0.2, 0) is 9.53 Å². The standard InChI is InChI=1S/C24H29ClFN7O2/c1-13-10-15(26)11-18(25)20(13)31-24-30-19-12-28-23(29-16-6-8-35-9-7-16)32-22(19)33(24)17-4-2-14(3-5-17)21(27)34/h10-12,14,16-17H,2-9H2,1H3,(H2,27,34)(H,30,31)(H,28,29,32). The van der Waals surface area contributed by atoms with Crippen LogP contribution in [0.5, 0.6) is 0 Å². The molecular weight excluding hydrogens is 473 g/mol. The van der Waals surface area contributed by atoms with Crippen molar-refractivity contribution in [1.29, 1.82) is 0 Å². The number of imidazole rings is 1. The highest BCUT2D eigenvalue weighted by Gasteiger charge is 2.29. The lowest BCUT2D eigenvalue weighted by atomic mass is 9.85. The zero-order valence-electron chi connectivity index (χ0n) is 19.6. The van der Waals surface area contributed by atoms with Gasteiger partial charge in [-0.3, -0.25) is 9.36 Å². The molecule has 2 aliphatic rings. The van der Waals surface area contributed by atoms with Gasteiger partial charge in [0, 0.05) is 31.2 Å². The number of aryl methyl sites for hydroxylation is 1. The Bertz CT molecular complexity index is 1210. The molecule has 1 aliphatic carbocycles. The highest BCUT2D eigenvalue weighted by Crippen LogP contribution is 2.38. The second-order valence-corrected chi connectivity index (χ2v) is 9.76. The number of hydrogen-bond acceptors (Lipinski definition) is 7. The Morgan fingerprint density at radius 3 is 2.60 bits per heavy atom. The number of primary amides is 1. The Labute approximate surface area is 207 Å². The molecule has 186 valence electrons. The van der Waals surface area contributed by atoms with Gasteiger partial charge in [-0.25, -0.2) is 14.4 Å². The summed E-state index contributed by atoms with van der Waals surface area (Å²) in [7, 11) is 0. The smallest absolute Gasteiger partial charge is 0.224 e. The summed E-state index contributed by atoms with van der Waals surface area (Å²) < 4.78 is 21.3. The Hall–Kier alpha value is -2.98. The molecule has 1 aliphatic heterocycles. The van der Waals surface area contributed by atoms with Gasteiger partial charge in [-0.15, -0.1) is 0 Å². The number of ether oxygens (including phenoxy) is 1. The molecule has 1 saturated carbocycles. The number of carbonyl (C=O) groups is 1. The first-order valence-electron chi connectivity index (χ1n) is 12.0. The quantitative estimate of drug-likeness (QED) is 0.455. The minimum absolute atomic E-state index is 0.0588. The van der Waals surface area contributed by atoms with Gasteiger partial charge in [0.2, 0.25) is 17.8 Å². The van der Waals surface area contributed by atoms with Gasteiger partial charge in [0.25, 0.3) is 0 Å². The molecule has 5 rings (SSSR count). The molecule has 0 bridgehead atoms. The fourth-order valence-corrected chi connectivity index (χ4v) is 5.31. The summed E-state index contributed by atoms with van der Waals surface area (Å²) in [5.41, 5.74) is 8.13. The van der Waals surface area contributed by atoms with Crippen molar-refractivity contribution in [3.63, 3.8) is 0 Å². The fourth-order valence-electron chi connectivity index (χ4n) is 5.01. The molecule has 1 aromatic carbocycles. The van der Waals surface area contributed by atoms with Crippen LogP contribution in [0.4, 0.5) is 22.0 Å². The number of amides is 1. The van der Waals surface area contributed by atoms with Crippen molar-refractivity contribution in [3.8, 4) is 0 Å². The summed E-state index contributed by atoms with van der Waals surface area (Å²) in [5.74, 6) is 0.324. The van der Waals surface area contributed by atoms with E-state index in [9.17, 15) is 9.18 Å². The van der Waals surface area contributed by atoms with Crippen LogP contribution in [0.2, 0.25) is 5.02 Å². The summed E-state index contributed by atoms with van der Waals surface area (Å²) in [6.07, 6.45) is 6.42. The summed E-state index contributed by atoms with van der Waals surface area (Å²) in [6, 6.07) is 3.01. The zero-order valence-corrected chi connectivity index (χ0v) is 20.3. The van der Waals surface area contributed by atoms with E-state index >= 15 is 0 Å². The lowest BCUT2D eigenvalue weighted by Crippen LogP contribution is -2.29. The molecule has 0 spiro atoms. The maximum absolute atomic E-state index is 13.8. The number of nitrogens with two attached hydrogens (primary N) is 1. The molecule has 1 amide bonds. The van der Waals surface area contributed by atoms with Crippen molar-refractivity contribution in [3.05, 3.63) is 34.7 Å². The molecule has 0 unspecified atom stereocenters. The topological polar surface area (TPSA) is 120 Å². The molecule has 2 aromatic heterocycles. The van der Waals surface area contributed by atoms with E-state index in [0.717, 1.165) is 25.7 Å². The Kier molecular flexibility index (Phi) is 6.75. The molecule has 0 radical (unpaired) electrons. The largest absolute Gasteiger partial charge is 0.381 e. The van der Waals surface area contributed by atoms with Gasteiger partial charge >= 0.3 is 0 Å². The normalized spacial score (nSPS) is 21.2. The third-order valence-electron chi connectivity index (χ3n) is 6.94. The number of halogens is 2. The fraction of sp³-hybridized carbons (Fsp3) is 0.500. The van der Waals surface area contributed by atoms with E-state index in [1.54, 1.807) is 13.1 Å². The van der Waals surface area contributed by atoms with Gasteiger partial charge in [-0.05, 0) is 63.1 Å². The van der Waals surface area contributed by atoms with Crippen molar-refractivity contribution in [2.45, 2.75) is 57.5 Å². The van der Waals surface area contributed by atoms with Crippen molar-refractivity contribution in [1.82, 2.24) is 19.5 Å². The lowest BCUT2D eigenvalue weighted by Gasteiger charge is -2.29. The molecule has 0 atom stereocenters. The van der Waals surface area contributed by atoms with Gasteiger partial charge in [0.1, 0.15) is 11.3 Å². The second kappa shape index (κ2) is 9.94. The number of nitrogens with zero attached hydrogens (tertiary/aromatic N) is 4. The van der Waals surface area contributed by atoms with Gasteiger partial charge in [0.15, 0.2) is 5.65 Å². The van der Waals surface area contributed by atoms with Gasteiger partial charge in [-0.2, -0.15) is 4.98 Å². The van der Waals surface area contributed by atoms with Gasteiger partial charge < -0.3 is 21.1 Å². The minimum atomic E-state index is -0.397. The van der Waals surface area contributed by atoms with E-state index in [-0.39, 0.29) is 28.9 Å². The highest BCUT2D eigenvalue weighted by atomic mass is 35.5. The van der Waals surface area contributed by atoms with Crippen LogP contribution in [0.25, 0.3) is 11.2 Å². The van der Waals surface area contributed by atoms with Crippen LogP contribution < -0.4 is 16.4 Å². The Morgan fingerprint density at radius 2 is 1.91 bits per heavy atom. The summed E-state index contributed by atoms with van der Waals surface area (Å²) in [4.78, 5) is 25.8. The minimum Gasteiger partial charge on any atom is -0.381 e. The number of fused-ring (bicyclic) bond motifs is 1. The number of hydrogen-bond donors (Lipinski definition) is 3. The average Bonchev–Trinajstić information content (AvgIpc) is 3.19. The lowest BCUT2D eigenvalue weighted by molar-refractivity contribution is -0.122. The van der Waals surface area contributed by atoms with Crippen molar-refractivity contribution in [2.75, 3.05) is 23.8 Å². The molecule has 35 heavy (non-hydrogen) atoms. The van der Waals surface area contributed by atoms with Crippen LogP contribution in [0, 0.1) is 18.7 Å². The number of benzene rings is 1. The van der Waals surface area contributed by atoms with Crippen LogP contribution in [-0.4, -0.2) is 44.7 Å². The molecule has 11 heteroatoms. The molecule has 1 saturated heterocycles. The third kappa shape index (κ3) is 5.04. The number of nitrogens with one attached hydrogen (secondary N) is 2. The van der Waals surface area contributed by atoms with Gasteiger partial charge in [0.05, 0.1) is 16.9 Å². The number of anilines is 3. The molecular formula is C24H29ClFN7O2. The molecule has 3 aromatic rings. The predicted octanol–water partition coefficient (Wildman–Crippen LogP) is 4.48. The second-order valence-electron chi connectivity index (χ2n) is 9.35. The van der Waals surface area contributed by atoms with E-state index in [4.69, 9.17) is 32.0 Å². The van der Waals surface area contributed by atoms with Crippen LogP contribution in [0.15, 0.2) is 18.3 Å². The molecule has 2 fully saturated rings. The summed E-state index contributed by atoms with van der Waals surface area (Å²) in [5, 5.41) is 7.01. The van der Waals surface area contributed by atoms with E-state index in [1.807, 2.05) is 0 Å². The average molecular weight is 502 g/mol. The number of aromatic nitrogens is 4. The van der Waals surface area contributed by atoms with Crippen molar-refractivity contribution in [2.24, 2.45) is 11.7 Å². The van der Waals surface area contributed by atoms with Crippen LogP contribution >= 0.6 is 11.6 Å². The Balaban J connectivity index is 1.52. The van der Waals surface area contributed by atoms with Crippen molar-refractivity contribution < 1.29 is 13.9 Å². The summed E-state index contributed by atoms with van der Waals surface area (Å²) >= 11 is 6.37. The van der Waals surface area contributed by atoms with Gasteiger partial charge in [-0.1, -0.05) is 11.6 Å². The maximum atomic E-state index is 13.8. The first-order chi connectivity index (χ1) is 16.9. The first-order valence-corrected chi connectivity index (χ1v) is 12.4. The third-order valence-corrected chi connectivity index (χ3v) is 7.24. The maximum Gasteiger partial charge on any atom is 0.224 e. The van der Waals surface area contributed by atoms with E-state index < -0.39 is 5.82 Å². The SMILES string of the molecule is Cc1cc(F)cc(Cl)c1Nc1nc2cnc(NC3CCOCC3)nc2n1C1CCC(C(N)=O)CC1. The molecule has 9 nitrogen and oxygen atoms in total. The van der Waals surface area contributed by atoms with Crippen LogP contribution in [0.1, 0.15) is 50.1 Å². The first kappa shape index (κ1) is 23.7. The van der Waals surface area contributed by atoms with E-state index in [0.29, 0.717) is 60.4 Å². The van der Waals surface area contributed by atoms with Crippen LogP contribution in [0.3, 0.4) is 0 Å². The molecule has 3 heterocycles. The van der Waals surface area contributed by atoms with E-state index in [2.05, 4.69) is 20.2 Å². The van der Waals surface area contributed by atoms with E-state index in [1.165, 1.54) is 12.1 Å². The monoisotopic (exact) mass is 501 g/mol. The predicted molar refractivity (Wildman–Crippen MR) is 132 cm³/mol.